The summed E-state index contributed by atoms with van der Waals surface area (Å²) in [4.78, 5) is 2.31. The molecule has 0 aliphatic carbocycles. The van der Waals surface area contributed by atoms with Gasteiger partial charge in [0.25, 0.3) is 0 Å². The molecule has 2 N–H and O–H groups in total. The Morgan fingerprint density at radius 3 is 2.38 bits per heavy atom. The molecule has 72 valence electrons. The summed E-state index contributed by atoms with van der Waals surface area (Å²) in [6.07, 6.45) is 0. The van der Waals surface area contributed by atoms with Crippen molar-refractivity contribution >= 4 is 11.4 Å². The summed E-state index contributed by atoms with van der Waals surface area (Å²) in [6.45, 7) is 8.49. The molecule has 1 aromatic rings. The Balaban J connectivity index is 3.03. The van der Waals surface area contributed by atoms with E-state index in [0.29, 0.717) is 0 Å². The summed E-state index contributed by atoms with van der Waals surface area (Å²) in [7, 11) is 0. The van der Waals surface area contributed by atoms with Gasteiger partial charge in [-0.2, -0.15) is 0 Å². The van der Waals surface area contributed by atoms with Gasteiger partial charge in [-0.15, -0.1) is 0 Å². The molecule has 2 nitrogen and oxygen atoms in total. The van der Waals surface area contributed by atoms with Gasteiger partial charge in [-0.1, -0.05) is 6.07 Å². The SMILES string of the molecule is CCN(CC)c1cc(N)ccc1C. The fraction of sp³-hybridized carbons (Fsp3) is 0.455. The number of nitrogens with two attached hydrogens (primary N) is 1. The van der Waals surface area contributed by atoms with Crippen LogP contribution in [0, 0.1) is 6.92 Å². The number of anilines is 2. The summed E-state index contributed by atoms with van der Waals surface area (Å²) >= 11 is 0. The fourth-order valence-corrected chi connectivity index (χ4v) is 1.53. The van der Waals surface area contributed by atoms with Gasteiger partial charge in [0, 0.05) is 24.5 Å². The zero-order chi connectivity index (χ0) is 9.84. The van der Waals surface area contributed by atoms with Crippen molar-refractivity contribution in [2.45, 2.75) is 20.8 Å². The van der Waals surface area contributed by atoms with Crippen molar-refractivity contribution in [3.63, 3.8) is 0 Å². The van der Waals surface area contributed by atoms with Crippen LogP contribution in [0.15, 0.2) is 18.2 Å². The van der Waals surface area contributed by atoms with Crippen molar-refractivity contribution in [1.82, 2.24) is 0 Å². The van der Waals surface area contributed by atoms with Gasteiger partial charge in [0.1, 0.15) is 0 Å². The molecule has 0 amide bonds. The van der Waals surface area contributed by atoms with E-state index in [9.17, 15) is 0 Å². The first-order chi connectivity index (χ1) is 6.19. The van der Waals surface area contributed by atoms with Crippen LogP contribution in [0.4, 0.5) is 11.4 Å². The predicted molar refractivity (Wildman–Crippen MR) is 59.2 cm³/mol. The van der Waals surface area contributed by atoms with Crippen LogP contribution in [-0.2, 0) is 0 Å². The van der Waals surface area contributed by atoms with Gasteiger partial charge in [-0.3, -0.25) is 0 Å². The summed E-state index contributed by atoms with van der Waals surface area (Å²) in [5, 5.41) is 0. The van der Waals surface area contributed by atoms with Gasteiger partial charge in [0.2, 0.25) is 0 Å². The molecule has 0 atom stereocenters. The Hall–Kier alpha value is -1.18. The van der Waals surface area contributed by atoms with Gasteiger partial charge in [0.05, 0.1) is 0 Å². The van der Waals surface area contributed by atoms with Crippen LogP contribution in [0.3, 0.4) is 0 Å². The highest BCUT2D eigenvalue weighted by Crippen LogP contribution is 2.22. The molecular weight excluding hydrogens is 160 g/mol. The number of benzene rings is 1. The van der Waals surface area contributed by atoms with Crippen LogP contribution >= 0.6 is 0 Å². The molecule has 0 heterocycles. The topological polar surface area (TPSA) is 29.3 Å². The quantitative estimate of drug-likeness (QED) is 0.720. The average molecular weight is 178 g/mol. The highest BCUT2D eigenvalue weighted by molar-refractivity contribution is 5.60. The van der Waals surface area contributed by atoms with E-state index in [4.69, 9.17) is 5.73 Å². The number of hydrogen-bond acceptors (Lipinski definition) is 2. The Kier molecular flexibility index (Phi) is 3.18. The molecule has 0 fully saturated rings. The standard InChI is InChI=1S/C11H18N2/c1-4-13(5-2)11-8-10(12)7-6-9(11)3/h6-8H,4-5,12H2,1-3H3. The van der Waals surface area contributed by atoms with Gasteiger partial charge in [-0.05, 0) is 38.5 Å². The monoisotopic (exact) mass is 178 g/mol. The number of nitrogens with zero attached hydrogens (tertiary/aromatic N) is 1. The van der Waals surface area contributed by atoms with E-state index >= 15 is 0 Å². The average Bonchev–Trinajstić information content (AvgIpc) is 2.13. The van der Waals surface area contributed by atoms with Crippen molar-refractivity contribution in [3.8, 4) is 0 Å². The van der Waals surface area contributed by atoms with Crippen LogP contribution in [0.2, 0.25) is 0 Å². The summed E-state index contributed by atoms with van der Waals surface area (Å²) in [5.41, 5.74) is 9.13. The van der Waals surface area contributed by atoms with Crippen LogP contribution < -0.4 is 10.6 Å². The lowest BCUT2D eigenvalue weighted by Crippen LogP contribution is -2.22. The van der Waals surface area contributed by atoms with E-state index in [1.165, 1.54) is 11.3 Å². The van der Waals surface area contributed by atoms with Gasteiger partial charge < -0.3 is 10.6 Å². The zero-order valence-electron chi connectivity index (χ0n) is 8.67. The normalized spacial score (nSPS) is 10.1. The van der Waals surface area contributed by atoms with E-state index in [2.05, 4.69) is 31.7 Å². The number of nitrogen functional groups attached to an aromatic ring is 1. The first-order valence-electron chi connectivity index (χ1n) is 4.80. The number of rotatable bonds is 3. The van der Waals surface area contributed by atoms with Crippen molar-refractivity contribution in [2.24, 2.45) is 0 Å². The predicted octanol–water partition coefficient (Wildman–Crippen LogP) is 2.42. The number of aryl methyl sites for hydroxylation is 1. The van der Waals surface area contributed by atoms with Crippen molar-refractivity contribution in [1.29, 1.82) is 0 Å². The molecular formula is C11H18N2. The lowest BCUT2D eigenvalue weighted by atomic mass is 10.1. The molecule has 2 heteroatoms. The lowest BCUT2D eigenvalue weighted by molar-refractivity contribution is 0.862. The van der Waals surface area contributed by atoms with Crippen LogP contribution in [0.1, 0.15) is 19.4 Å². The number of hydrogen-bond donors (Lipinski definition) is 1. The molecule has 0 aliphatic rings. The third-order valence-electron chi connectivity index (χ3n) is 2.34. The first kappa shape index (κ1) is 9.90. The minimum atomic E-state index is 0.840. The van der Waals surface area contributed by atoms with E-state index in [1.54, 1.807) is 0 Å². The zero-order valence-corrected chi connectivity index (χ0v) is 8.67. The van der Waals surface area contributed by atoms with Gasteiger partial charge in [-0.25, -0.2) is 0 Å². The third-order valence-corrected chi connectivity index (χ3v) is 2.34. The van der Waals surface area contributed by atoms with Gasteiger partial charge in [0.15, 0.2) is 0 Å². The molecule has 1 aromatic carbocycles. The summed E-state index contributed by atoms with van der Waals surface area (Å²) in [6, 6.07) is 6.06. The van der Waals surface area contributed by atoms with Crippen LogP contribution in [-0.4, -0.2) is 13.1 Å². The highest BCUT2D eigenvalue weighted by Gasteiger charge is 2.04. The summed E-state index contributed by atoms with van der Waals surface area (Å²) < 4.78 is 0. The second-order valence-electron chi connectivity index (χ2n) is 3.22. The molecule has 0 aliphatic heterocycles. The maximum atomic E-state index is 5.75. The second kappa shape index (κ2) is 4.17. The molecule has 0 bridgehead atoms. The summed E-state index contributed by atoms with van der Waals surface area (Å²) in [5.74, 6) is 0. The Morgan fingerprint density at radius 1 is 1.23 bits per heavy atom. The molecule has 13 heavy (non-hydrogen) atoms. The van der Waals surface area contributed by atoms with E-state index < -0.39 is 0 Å². The minimum absolute atomic E-state index is 0.840. The lowest BCUT2D eigenvalue weighted by Gasteiger charge is -2.23. The maximum absolute atomic E-state index is 5.75. The third kappa shape index (κ3) is 2.14. The molecule has 1 rings (SSSR count). The highest BCUT2D eigenvalue weighted by atomic mass is 15.1. The molecule has 0 spiro atoms. The molecule has 0 unspecified atom stereocenters. The van der Waals surface area contributed by atoms with E-state index in [0.717, 1.165) is 18.8 Å². The van der Waals surface area contributed by atoms with E-state index in [1.807, 2.05) is 12.1 Å². The van der Waals surface area contributed by atoms with Crippen LogP contribution in [0.5, 0.6) is 0 Å². The minimum Gasteiger partial charge on any atom is -0.399 e. The largest absolute Gasteiger partial charge is 0.399 e. The van der Waals surface area contributed by atoms with Crippen molar-refractivity contribution in [3.05, 3.63) is 23.8 Å². The van der Waals surface area contributed by atoms with Crippen molar-refractivity contribution < 1.29 is 0 Å². The molecule has 0 saturated carbocycles. The van der Waals surface area contributed by atoms with Crippen LogP contribution in [0.25, 0.3) is 0 Å². The Bertz CT molecular complexity index is 277. The maximum Gasteiger partial charge on any atom is 0.0416 e. The smallest absolute Gasteiger partial charge is 0.0416 e. The first-order valence-corrected chi connectivity index (χ1v) is 4.80. The van der Waals surface area contributed by atoms with E-state index in [-0.39, 0.29) is 0 Å². The van der Waals surface area contributed by atoms with Crippen molar-refractivity contribution in [2.75, 3.05) is 23.7 Å². The Labute approximate surface area is 80.4 Å². The second-order valence-corrected chi connectivity index (χ2v) is 3.22. The molecule has 0 aromatic heterocycles. The molecule has 0 saturated heterocycles. The molecule has 0 radical (unpaired) electrons. The Morgan fingerprint density at radius 2 is 1.85 bits per heavy atom. The fourth-order valence-electron chi connectivity index (χ4n) is 1.53. The van der Waals surface area contributed by atoms with Gasteiger partial charge >= 0.3 is 0 Å².